The molecule has 0 bridgehead atoms. The summed E-state index contributed by atoms with van der Waals surface area (Å²) in [5.41, 5.74) is 1.68. The molecule has 2 N–H and O–H groups in total. The monoisotopic (exact) mass is 439 g/mol. The third kappa shape index (κ3) is 4.85. The van der Waals surface area contributed by atoms with Crippen LogP contribution in [0.2, 0.25) is 0 Å². The summed E-state index contributed by atoms with van der Waals surface area (Å²) < 4.78 is 5.22. The molecule has 0 radical (unpaired) electrons. The number of piperidine rings is 1. The molecule has 2 heterocycles. The number of ether oxygens (including phenoxy) is 1. The van der Waals surface area contributed by atoms with Crippen molar-refractivity contribution in [1.82, 2.24) is 10.2 Å². The van der Waals surface area contributed by atoms with Gasteiger partial charge in [0.2, 0.25) is 17.7 Å². The van der Waals surface area contributed by atoms with Crippen molar-refractivity contribution in [1.29, 1.82) is 0 Å². The number of carbonyl (C=O) groups is 3. The molecule has 2 aliphatic rings. The molecule has 2 aromatic carbocycles. The lowest BCUT2D eigenvalue weighted by Crippen LogP contribution is -2.50. The van der Waals surface area contributed by atoms with Crippen LogP contribution in [-0.4, -0.2) is 48.1 Å². The Balaban J connectivity index is 1.36. The predicted octanol–water partition coefficient (Wildman–Crippen LogP) is 2.66. The van der Waals surface area contributed by atoms with Crippen LogP contribution in [0.5, 0.6) is 5.75 Å². The second-order valence-corrected chi connectivity index (χ2v) is 8.82. The first kappa shape index (κ1) is 21.2. The lowest BCUT2D eigenvalue weighted by Gasteiger charge is -2.35. The van der Waals surface area contributed by atoms with Crippen LogP contribution in [0.25, 0.3) is 0 Å². The highest BCUT2D eigenvalue weighted by Gasteiger charge is 2.38. The minimum Gasteiger partial charge on any atom is -0.497 e. The maximum Gasteiger partial charge on any atom is 0.247 e. The van der Waals surface area contributed by atoms with Gasteiger partial charge in [0.05, 0.1) is 18.7 Å². The summed E-state index contributed by atoms with van der Waals surface area (Å²) in [6, 6.07) is 15.0. The molecule has 2 unspecified atom stereocenters. The molecule has 2 atom stereocenters. The highest BCUT2D eigenvalue weighted by Crippen LogP contribution is 2.36. The summed E-state index contributed by atoms with van der Waals surface area (Å²) in [5.74, 6) is -0.162. The summed E-state index contributed by atoms with van der Waals surface area (Å²) in [4.78, 5) is 40.9. The summed E-state index contributed by atoms with van der Waals surface area (Å²) in [7, 11) is 1.61. The van der Waals surface area contributed by atoms with Gasteiger partial charge in [-0.3, -0.25) is 14.4 Å². The lowest BCUT2D eigenvalue weighted by molar-refractivity contribution is -0.137. The number of carbonyl (C=O) groups excluding carboxylic acids is 3. The quantitative estimate of drug-likeness (QED) is 0.700. The van der Waals surface area contributed by atoms with Crippen LogP contribution in [0.1, 0.15) is 18.4 Å². The van der Waals surface area contributed by atoms with Gasteiger partial charge in [0.15, 0.2) is 5.25 Å². The van der Waals surface area contributed by atoms with Crippen LogP contribution in [0.4, 0.5) is 5.69 Å². The maximum atomic E-state index is 13.1. The van der Waals surface area contributed by atoms with E-state index in [1.54, 1.807) is 12.0 Å². The summed E-state index contributed by atoms with van der Waals surface area (Å²) in [6.45, 7) is 1.29. The zero-order valence-electron chi connectivity index (χ0n) is 17.3. The van der Waals surface area contributed by atoms with Crippen molar-refractivity contribution in [3.8, 4) is 5.75 Å². The average molecular weight is 440 g/mol. The van der Waals surface area contributed by atoms with Gasteiger partial charge in [-0.25, -0.2) is 0 Å². The van der Waals surface area contributed by atoms with Crippen molar-refractivity contribution in [3.05, 3.63) is 54.1 Å². The van der Waals surface area contributed by atoms with Crippen LogP contribution in [0.15, 0.2) is 53.4 Å². The fraction of sp³-hybridized carbons (Fsp3) is 0.348. The van der Waals surface area contributed by atoms with Crippen molar-refractivity contribution in [2.75, 3.05) is 25.5 Å². The molecule has 0 spiro atoms. The Morgan fingerprint density at radius 2 is 2.06 bits per heavy atom. The zero-order chi connectivity index (χ0) is 21.8. The molecule has 2 aliphatic heterocycles. The summed E-state index contributed by atoms with van der Waals surface area (Å²) >= 11 is 1.27. The second-order valence-electron chi connectivity index (χ2n) is 7.68. The number of hydrogen-bond donors (Lipinski definition) is 2. The number of benzene rings is 2. The standard InChI is InChI=1S/C23H25N3O4S/c1-30-17-8-4-6-15(12-17)13-24-21(27)16-7-5-11-26(14-16)23(29)20-22(28)25-18-9-2-3-10-19(18)31-20/h2-4,6,8-10,12,16,20H,5,7,11,13-14H2,1H3,(H,24,27)(H,25,28). The Morgan fingerprint density at radius 3 is 2.90 bits per heavy atom. The molecule has 4 rings (SSSR count). The number of hydrogen-bond acceptors (Lipinski definition) is 5. The fourth-order valence-electron chi connectivity index (χ4n) is 3.89. The topological polar surface area (TPSA) is 87.7 Å². The number of anilines is 1. The van der Waals surface area contributed by atoms with Gasteiger partial charge in [-0.2, -0.15) is 0 Å². The van der Waals surface area contributed by atoms with E-state index in [4.69, 9.17) is 4.74 Å². The number of likely N-dealkylation sites (tertiary alicyclic amines) is 1. The molecule has 2 aromatic rings. The van der Waals surface area contributed by atoms with Crippen molar-refractivity contribution in [3.63, 3.8) is 0 Å². The van der Waals surface area contributed by atoms with E-state index in [9.17, 15) is 14.4 Å². The number of para-hydroxylation sites is 1. The normalized spacial score (nSPS) is 20.4. The largest absolute Gasteiger partial charge is 0.497 e. The van der Waals surface area contributed by atoms with E-state index >= 15 is 0 Å². The van der Waals surface area contributed by atoms with Crippen molar-refractivity contribution < 1.29 is 19.1 Å². The highest BCUT2D eigenvalue weighted by molar-refractivity contribution is 8.01. The predicted molar refractivity (Wildman–Crippen MR) is 119 cm³/mol. The second kappa shape index (κ2) is 9.43. The molecular formula is C23H25N3O4S. The number of rotatable bonds is 5. The number of thioether (sulfide) groups is 1. The fourth-order valence-corrected chi connectivity index (χ4v) is 4.96. The molecule has 162 valence electrons. The van der Waals surface area contributed by atoms with E-state index in [0.29, 0.717) is 19.6 Å². The Morgan fingerprint density at radius 1 is 1.23 bits per heavy atom. The average Bonchev–Trinajstić information content (AvgIpc) is 2.81. The Hall–Kier alpha value is -3.00. The van der Waals surface area contributed by atoms with Crippen molar-refractivity contribution in [2.45, 2.75) is 29.5 Å². The molecule has 0 aliphatic carbocycles. The molecule has 0 aromatic heterocycles. The van der Waals surface area contributed by atoms with Crippen molar-refractivity contribution >= 4 is 35.2 Å². The van der Waals surface area contributed by atoms with Gasteiger partial charge in [-0.1, -0.05) is 24.3 Å². The van der Waals surface area contributed by atoms with Gasteiger partial charge in [0.25, 0.3) is 0 Å². The smallest absolute Gasteiger partial charge is 0.247 e. The van der Waals surface area contributed by atoms with E-state index in [2.05, 4.69) is 10.6 Å². The Kier molecular flexibility index (Phi) is 6.46. The minimum atomic E-state index is -0.825. The molecule has 1 fully saturated rings. The van der Waals surface area contributed by atoms with Crippen LogP contribution >= 0.6 is 11.8 Å². The summed E-state index contributed by atoms with van der Waals surface area (Å²) in [6.07, 6.45) is 1.46. The third-order valence-electron chi connectivity index (χ3n) is 5.56. The van der Waals surface area contributed by atoms with Crippen LogP contribution in [0.3, 0.4) is 0 Å². The van der Waals surface area contributed by atoms with E-state index in [0.717, 1.165) is 34.7 Å². The van der Waals surface area contributed by atoms with Crippen molar-refractivity contribution in [2.24, 2.45) is 5.92 Å². The number of methoxy groups -OCH3 is 1. The molecular weight excluding hydrogens is 414 g/mol. The van der Waals surface area contributed by atoms with Gasteiger partial charge in [0.1, 0.15) is 5.75 Å². The highest BCUT2D eigenvalue weighted by atomic mass is 32.2. The van der Waals surface area contributed by atoms with Crippen LogP contribution in [-0.2, 0) is 20.9 Å². The molecule has 1 saturated heterocycles. The molecule has 8 heteroatoms. The molecule has 0 saturated carbocycles. The van der Waals surface area contributed by atoms with Crippen LogP contribution in [0, 0.1) is 5.92 Å². The van der Waals surface area contributed by atoms with Gasteiger partial charge in [0, 0.05) is 24.5 Å². The maximum absolute atomic E-state index is 13.1. The first-order valence-corrected chi connectivity index (χ1v) is 11.2. The van der Waals surface area contributed by atoms with Gasteiger partial charge >= 0.3 is 0 Å². The minimum absolute atomic E-state index is 0.0774. The van der Waals surface area contributed by atoms with E-state index in [-0.39, 0.29) is 23.6 Å². The number of nitrogens with zero attached hydrogens (tertiary/aromatic N) is 1. The van der Waals surface area contributed by atoms with Gasteiger partial charge in [-0.05, 0) is 42.7 Å². The van der Waals surface area contributed by atoms with Crippen LogP contribution < -0.4 is 15.4 Å². The Bertz CT molecular complexity index is 996. The Labute approximate surface area is 185 Å². The number of fused-ring (bicyclic) bond motifs is 1. The molecule has 7 nitrogen and oxygen atoms in total. The SMILES string of the molecule is COc1cccc(CNC(=O)C2CCCN(C(=O)C3Sc4ccccc4NC3=O)C2)c1. The molecule has 31 heavy (non-hydrogen) atoms. The number of amides is 3. The van der Waals surface area contributed by atoms with E-state index in [1.165, 1.54) is 11.8 Å². The molecule has 3 amide bonds. The first-order valence-electron chi connectivity index (χ1n) is 10.3. The summed E-state index contributed by atoms with van der Waals surface area (Å²) in [5, 5.41) is 4.95. The lowest BCUT2D eigenvalue weighted by atomic mass is 9.96. The number of nitrogens with one attached hydrogen (secondary N) is 2. The first-order chi connectivity index (χ1) is 15.0. The van der Waals surface area contributed by atoms with Gasteiger partial charge in [-0.15, -0.1) is 11.8 Å². The van der Waals surface area contributed by atoms with E-state index < -0.39 is 5.25 Å². The third-order valence-corrected chi connectivity index (χ3v) is 6.82. The van der Waals surface area contributed by atoms with Gasteiger partial charge < -0.3 is 20.3 Å². The van der Waals surface area contributed by atoms with E-state index in [1.807, 2.05) is 48.5 Å². The zero-order valence-corrected chi connectivity index (χ0v) is 18.1.